The number of fused-ring (bicyclic) bond motifs is 1. The van der Waals surface area contributed by atoms with Crippen LogP contribution in [0.5, 0.6) is 0 Å². The van der Waals surface area contributed by atoms with Crippen LogP contribution in [0.15, 0.2) is 10.6 Å². The van der Waals surface area contributed by atoms with Crippen LogP contribution < -0.4 is 16.4 Å². The molecule has 3 rings (SSSR count). The lowest BCUT2D eigenvalue weighted by Gasteiger charge is -2.46. The van der Waals surface area contributed by atoms with Crippen molar-refractivity contribution in [3.05, 3.63) is 10.6 Å². The number of primary amides is 1. The molecule has 3 amide bonds. The Morgan fingerprint density at radius 2 is 2.00 bits per heavy atom. The number of carbonyl (C=O) groups excluding carboxylic acids is 3. The molecule has 0 aromatic heterocycles. The fraction of sp³-hybridized carbons (Fsp3) is 0.700. The molecule has 2 saturated heterocycles. The summed E-state index contributed by atoms with van der Waals surface area (Å²) in [7, 11) is 0. The van der Waals surface area contributed by atoms with E-state index in [-0.39, 0.29) is 41.3 Å². The van der Waals surface area contributed by atoms with Crippen molar-refractivity contribution in [2.45, 2.75) is 61.6 Å². The van der Waals surface area contributed by atoms with Gasteiger partial charge in [0.25, 0.3) is 0 Å². The lowest BCUT2D eigenvalue weighted by atomic mass is 9.79. The number of hydrogen-bond donors (Lipinski definition) is 6. The topological polar surface area (TPSA) is 182 Å². The number of β-lactam (4-membered cyclic amide) rings is 1. The van der Waals surface area contributed by atoms with E-state index in [1.54, 1.807) is 6.26 Å². The second-order valence-electron chi connectivity index (χ2n) is 8.61. The molecule has 184 valence electrons. The SMILES string of the molecule is CSC(C(=O)NC(O)CC(N)=O)[C@@H]1C[C@H](SC2=C(C(=O)O)N3C(=O)[C@H]([C@@H](C)O)[C@H]3[C@H]2C)CN1. The van der Waals surface area contributed by atoms with Crippen LogP contribution in [0.1, 0.15) is 26.7 Å². The first-order valence-electron chi connectivity index (χ1n) is 10.7. The largest absolute Gasteiger partial charge is 0.477 e. The van der Waals surface area contributed by atoms with Gasteiger partial charge >= 0.3 is 5.97 Å². The van der Waals surface area contributed by atoms with Crippen LogP contribution >= 0.6 is 23.5 Å². The number of carbonyl (C=O) groups is 4. The average Bonchev–Trinajstić information content (AvgIpc) is 3.23. The molecule has 33 heavy (non-hydrogen) atoms. The highest BCUT2D eigenvalue weighted by Gasteiger charge is 2.60. The summed E-state index contributed by atoms with van der Waals surface area (Å²) < 4.78 is 0. The number of aliphatic hydroxyl groups excluding tert-OH is 2. The van der Waals surface area contributed by atoms with Gasteiger partial charge in [-0.2, -0.15) is 11.8 Å². The first-order chi connectivity index (χ1) is 15.5. The molecule has 0 radical (unpaired) electrons. The third kappa shape index (κ3) is 5.02. The van der Waals surface area contributed by atoms with Gasteiger partial charge < -0.3 is 36.6 Å². The highest BCUT2D eigenvalue weighted by molar-refractivity contribution is 8.03. The standard InChI is InChI=1S/C20H30N4O7S2/c1-7-14-13(8(2)25)19(29)24(14)15(20(30)31)16(7)33-9-4-10(22-6-9)17(32-3)18(28)23-12(27)5-11(21)26/h7-10,12-14,17,22,25,27H,4-6H2,1-3H3,(H2,21,26)(H,23,28)(H,30,31)/t7-,8-,9+,10+,12?,13-,14-,17?/m1/s1. The molecule has 3 aliphatic rings. The van der Waals surface area contributed by atoms with Crippen molar-refractivity contribution in [2.24, 2.45) is 17.6 Å². The van der Waals surface area contributed by atoms with Crippen molar-refractivity contribution < 1.29 is 34.5 Å². The smallest absolute Gasteiger partial charge is 0.353 e. The number of rotatable bonds is 10. The molecule has 13 heteroatoms. The Bertz CT molecular complexity index is 867. The van der Waals surface area contributed by atoms with E-state index in [0.29, 0.717) is 17.9 Å². The number of nitrogens with two attached hydrogens (primary N) is 1. The molecule has 3 aliphatic heterocycles. The van der Waals surface area contributed by atoms with Crippen molar-refractivity contribution in [2.75, 3.05) is 12.8 Å². The van der Waals surface area contributed by atoms with Crippen LogP contribution in [0.4, 0.5) is 0 Å². The van der Waals surface area contributed by atoms with Crippen molar-refractivity contribution in [1.29, 1.82) is 0 Å². The highest BCUT2D eigenvalue weighted by atomic mass is 32.2. The van der Waals surface area contributed by atoms with Crippen LogP contribution in [-0.4, -0.2) is 91.6 Å². The van der Waals surface area contributed by atoms with Crippen LogP contribution in [0.25, 0.3) is 0 Å². The normalized spacial score (nSPS) is 31.6. The number of hydrogen-bond acceptors (Lipinski definition) is 9. The summed E-state index contributed by atoms with van der Waals surface area (Å²) >= 11 is 2.70. The summed E-state index contributed by atoms with van der Waals surface area (Å²) in [6.07, 6.45) is -0.260. The number of carboxylic acids is 1. The van der Waals surface area contributed by atoms with Crippen molar-refractivity contribution in [3.63, 3.8) is 0 Å². The Morgan fingerprint density at radius 3 is 2.55 bits per heavy atom. The van der Waals surface area contributed by atoms with Crippen LogP contribution in [0.2, 0.25) is 0 Å². The molecule has 7 N–H and O–H groups in total. The molecular weight excluding hydrogens is 472 g/mol. The van der Waals surface area contributed by atoms with Gasteiger partial charge in [0.05, 0.1) is 29.7 Å². The Hall–Kier alpha value is -1.80. The number of nitrogens with zero attached hydrogens (tertiary/aromatic N) is 1. The van der Waals surface area contributed by atoms with Crippen molar-refractivity contribution >= 4 is 47.2 Å². The summed E-state index contributed by atoms with van der Waals surface area (Å²) in [6.45, 7) is 3.94. The zero-order valence-corrected chi connectivity index (χ0v) is 20.2. The Balaban J connectivity index is 1.68. The molecule has 8 atom stereocenters. The van der Waals surface area contributed by atoms with E-state index in [4.69, 9.17) is 5.73 Å². The van der Waals surface area contributed by atoms with Crippen LogP contribution in [0, 0.1) is 11.8 Å². The maximum Gasteiger partial charge on any atom is 0.353 e. The minimum absolute atomic E-state index is 0.0171. The van der Waals surface area contributed by atoms with Gasteiger partial charge in [0, 0.05) is 28.7 Å². The van der Waals surface area contributed by atoms with E-state index in [0.717, 1.165) is 0 Å². The molecule has 0 aliphatic carbocycles. The molecule has 11 nitrogen and oxygen atoms in total. The first-order valence-corrected chi connectivity index (χ1v) is 12.8. The van der Waals surface area contributed by atoms with Gasteiger partial charge in [-0.25, -0.2) is 4.79 Å². The van der Waals surface area contributed by atoms with E-state index in [9.17, 15) is 34.5 Å². The first kappa shape index (κ1) is 25.8. The highest BCUT2D eigenvalue weighted by Crippen LogP contribution is 2.51. The molecule has 0 aromatic rings. The lowest BCUT2D eigenvalue weighted by molar-refractivity contribution is -0.163. The average molecular weight is 503 g/mol. The number of carboxylic acid groups (broad SMARTS) is 1. The number of amides is 3. The quantitative estimate of drug-likeness (QED) is 0.154. The second kappa shape index (κ2) is 10.2. The predicted molar refractivity (Wildman–Crippen MR) is 123 cm³/mol. The third-order valence-electron chi connectivity index (χ3n) is 6.31. The molecule has 0 bridgehead atoms. The summed E-state index contributed by atoms with van der Waals surface area (Å²) in [4.78, 5) is 49.9. The summed E-state index contributed by atoms with van der Waals surface area (Å²) in [5.41, 5.74) is 5.02. The van der Waals surface area contributed by atoms with E-state index in [1.807, 2.05) is 6.92 Å². The second-order valence-corrected chi connectivity index (χ2v) is 10.9. The third-order valence-corrected chi connectivity index (χ3v) is 8.87. The van der Waals surface area contributed by atoms with Gasteiger partial charge in [-0.3, -0.25) is 14.4 Å². The molecule has 3 heterocycles. The predicted octanol–water partition coefficient (Wildman–Crippen LogP) is -1.35. The number of aliphatic carboxylic acids is 1. The zero-order chi connectivity index (χ0) is 24.6. The molecule has 2 unspecified atom stereocenters. The van der Waals surface area contributed by atoms with Gasteiger partial charge in [-0.05, 0) is 19.6 Å². The maximum absolute atomic E-state index is 12.6. The van der Waals surface area contributed by atoms with Gasteiger partial charge in [0.2, 0.25) is 17.7 Å². The minimum Gasteiger partial charge on any atom is -0.477 e. The van der Waals surface area contributed by atoms with Crippen LogP contribution in [0.3, 0.4) is 0 Å². The van der Waals surface area contributed by atoms with Gasteiger partial charge in [0.15, 0.2) is 0 Å². The number of nitrogens with one attached hydrogen (secondary N) is 2. The van der Waals surface area contributed by atoms with E-state index in [1.165, 1.54) is 35.3 Å². The molecule has 0 aromatic carbocycles. The molecule has 0 saturated carbocycles. The van der Waals surface area contributed by atoms with Crippen molar-refractivity contribution in [3.8, 4) is 0 Å². The Morgan fingerprint density at radius 1 is 1.33 bits per heavy atom. The van der Waals surface area contributed by atoms with E-state index in [2.05, 4.69) is 10.6 Å². The summed E-state index contributed by atoms with van der Waals surface area (Å²) in [6, 6.07) is -0.597. The summed E-state index contributed by atoms with van der Waals surface area (Å²) in [5, 5.41) is 34.7. The molecular formula is C20H30N4O7S2. The zero-order valence-electron chi connectivity index (χ0n) is 18.6. The van der Waals surface area contributed by atoms with Gasteiger partial charge in [-0.1, -0.05) is 6.92 Å². The summed E-state index contributed by atoms with van der Waals surface area (Å²) in [5.74, 6) is -3.52. The van der Waals surface area contributed by atoms with E-state index >= 15 is 0 Å². The van der Waals surface area contributed by atoms with E-state index < -0.39 is 41.3 Å². The monoisotopic (exact) mass is 502 g/mol. The molecule has 0 spiro atoms. The Kier molecular flexibility index (Phi) is 7.99. The van der Waals surface area contributed by atoms with Gasteiger partial charge in [-0.15, -0.1) is 11.8 Å². The lowest BCUT2D eigenvalue weighted by Crippen LogP contribution is -2.63. The van der Waals surface area contributed by atoms with Crippen LogP contribution in [-0.2, 0) is 19.2 Å². The number of aliphatic hydroxyl groups is 2. The fourth-order valence-corrected chi connectivity index (χ4v) is 7.16. The fourth-order valence-electron chi connectivity index (χ4n) is 4.85. The molecule has 2 fully saturated rings. The van der Waals surface area contributed by atoms with Crippen molar-refractivity contribution in [1.82, 2.24) is 15.5 Å². The van der Waals surface area contributed by atoms with Gasteiger partial charge in [0.1, 0.15) is 11.9 Å². The minimum atomic E-state index is -1.36. The Labute approximate surface area is 199 Å². The maximum atomic E-state index is 12.6. The number of thioether (sulfide) groups is 2.